The number of aromatic hydroxyl groups is 2. The molecular weight excluding hydrogens is 288 g/mol. The van der Waals surface area contributed by atoms with E-state index in [0.717, 1.165) is 43.5 Å². The van der Waals surface area contributed by atoms with Crippen LogP contribution in [0.25, 0.3) is 43.5 Å². The number of hydrogen-bond donors (Lipinski definition) is 2. The smallest absolute Gasteiger partial charge is 0.143 e. The van der Waals surface area contributed by atoms with Crippen molar-refractivity contribution in [2.45, 2.75) is 0 Å². The highest BCUT2D eigenvalue weighted by atomic mass is 16.3. The SMILES string of the molecule is Oc1ccc2c(ccc3oc4c5ccccc5c(O)cc4c32)c1. The molecule has 3 heteroatoms. The van der Waals surface area contributed by atoms with Crippen LogP contribution < -0.4 is 0 Å². The summed E-state index contributed by atoms with van der Waals surface area (Å²) in [5.41, 5.74) is 1.54. The van der Waals surface area contributed by atoms with Crippen molar-refractivity contribution < 1.29 is 14.6 Å². The Kier molecular flexibility index (Phi) is 2.24. The summed E-state index contributed by atoms with van der Waals surface area (Å²) in [4.78, 5) is 0. The lowest BCUT2D eigenvalue weighted by molar-refractivity contribution is 0.476. The second kappa shape index (κ2) is 4.17. The third-order valence-electron chi connectivity index (χ3n) is 4.42. The summed E-state index contributed by atoms with van der Waals surface area (Å²) in [6.07, 6.45) is 0. The number of hydrogen-bond acceptors (Lipinski definition) is 3. The lowest BCUT2D eigenvalue weighted by Gasteiger charge is -2.02. The summed E-state index contributed by atoms with van der Waals surface area (Å²) in [6, 6.07) is 18.5. The highest BCUT2D eigenvalue weighted by Crippen LogP contribution is 2.41. The number of benzene rings is 4. The quantitative estimate of drug-likeness (QED) is 0.408. The van der Waals surface area contributed by atoms with E-state index in [2.05, 4.69) is 0 Å². The van der Waals surface area contributed by atoms with E-state index in [9.17, 15) is 10.2 Å². The van der Waals surface area contributed by atoms with Gasteiger partial charge in [0.05, 0.1) is 0 Å². The first-order valence-electron chi connectivity index (χ1n) is 7.41. The van der Waals surface area contributed by atoms with Crippen molar-refractivity contribution in [3.8, 4) is 11.5 Å². The molecule has 0 aliphatic heterocycles. The fraction of sp³-hybridized carbons (Fsp3) is 0. The van der Waals surface area contributed by atoms with Crippen LogP contribution in [0.2, 0.25) is 0 Å². The summed E-state index contributed by atoms with van der Waals surface area (Å²) in [5.74, 6) is 0.476. The van der Waals surface area contributed by atoms with Crippen molar-refractivity contribution in [1.29, 1.82) is 0 Å². The molecule has 0 aliphatic rings. The highest BCUT2D eigenvalue weighted by Gasteiger charge is 2.15. The molecule has 0 fully saturated rings. The van der Waals surface area contributed by atoms with Crippen LogP contribution in [0, 0.1) is 0 Å². The second-order valence-electron chi connectivity index (χ2n) is 5.76. The molecule has 4 aromatic carbocycles. The Hall–Kier alpha value is -3.20. The number of phenolic OH excluding ortho intramolecular Hbond substituents is 2. The molecule has 0 spiro atoms. The minimum Gasteiger partial charge on any atom is -0.508 e. The normalized spacial score (nSPS) is 11.8. The number of furan rings is 1. The summed E-state index contributed by atoms with van der Waals surface area (Å²) in [7, 11) is 0. The van der Waals surface area contributed by atoms with Gasteiger partial charge in [0, 0.05) is 21.5 Å². The third-order valence-corrected chi connectivity index (χ3v) is 4.42. The molecule has 5 rings (SSSR count). The fourth-order valence-corrected chi connectivity index (χ4v) is 3.40. The van der Waals surface area contributed by atoms with Crippen molar-refractivity contribution >= 4 is 43.5 Å². The van der Waals surface area contributed by atoms with Crippen LogP contribution in [0.5, 0.6) is 11.5 Å². The van der Waals surface area contributed by atoms with Gasteiger partial charge in [0.2, 0.25) is 0 Å². The number of phenols is 2. The Morgan fingerprint density at radius 2 is 1.52 bits per heavy atom. The molecule has 0 unspecified atom stereocenters. The molecule has 0 atom stereocenters. The number of fused-ring (bicyclic) bond motifs is 7. The molecular formula is C20H12O3. The van der Waals surface area contributed by atoms with Gasteiger partial charge in [-0.15, -0.1) is 0 Å². The van der Waals surface area contributed by atoms with Crippen LogP contribution in [0.15, 0.2) is 65.1 Å². The standard InChI is InChI=1S/C20H12O3/c21-12-6-7-13-11(9-12)5-8-18-19(13)16-10-17(22)14-3-1-2-4-15(14)20(16)23-18/h1-10,21-22H. The summed E-state index contributed by atoms with van der Waals surface area (Å²) in [6.45, 7) is 0. The molecule has 1 heterocycles. The number of rotatable bonds is 0. The molecule has 3 nitrogen and oxygen atoms in total. The summed E-state index contributed by atoms with van der Waals surface area (Å²) < 4.78 is 6.09. The van der Waals surface area contributed by atoms with Crippen LogP contribution >= 0.6 is 0 Å². The molecule has 2 N–H and O–H groups in total. The van der Waals surface area contributed by atoms with Gasteiger partial charge in [-0.2, -0.15) is 0 Å². The zero-order valence-corrected chi connectivity index (χ0v) is 12.1. The first-order chi connectivity index (χ1) is 11.2. The molecule has 1 aromatic heterocycles. The molecule has 23 heavy (non-hydrogen) atoms. The monoisotopic (exact) mass is 300 g/mol. The molecule has 0 saturated carbocycles. The third kappa shape index (κ3) is 1.59. The zero-order chi connectivity index (χ0) is 15.6. The maximum Gasteiger partial charge on any atom is 0.143 e. The van der Waals surface area contributed by atoms with Gasteiger partial charge < -0.3 is 14.6 Å². The topological polar surface area (TPSA) is 53.6 Å². The van der Waals surface area contributed by atoms with E-state index < -0.39 is 0 Å². The van der Waals surface area contributed by atoms with Gasteiger partial charge in [0.25, 0.3) is 0 Å². The van der Waals surface area contributed by atoms with Crippen LogP contribution in [-0.4, -0.2) is 10.2 Å². The summed E-state index contributed by atoms with van der Waals surface area (Å²) >= 11 is 0. The van der Waals surface area contributed by atoms with Crippen molar-refractivity contribution in [3.05, 3.63) is 60.7 Å². The van der Waals surface area contributed by atoms with E-state index in [1.165, 1.54) is 0 Å². The Labute approximate surface area is 131 Å². The van der Waals surface area contributed by atoms with Gasteiger partial charge in [-0.1, -0.05) is 30.3 Å². The average Bonchev–Trinajstić information content (AvgIpc) is 2.94. The van der Waals surface area contributed by atoms with E-state index in [0.29, 0.717) is 0 Å². The Bertz CT molecular complexity index is 1230. The van der Waals surface area contributed by atoms with Gasteiger partial charge in [0.1, 0.15) is 22.7 Å². The predicted molar refractivity (Wildman–Crippen MR) is 92.1 cm³/mol. The molecule has 0 bridgehead atoms. The molecule has 110 valence electrons. The largest absolute Gasteiger partial charge is 0.508 e. The van der Waals surface area contributed by atoms with Crippen LogP contribution in [0.3, 0.4) is 0 Å². The van der Waals surface area contributed by atoms with E-state index in [1.54, 1.807) is 18.2 Å². The Morgan fingerprint density at radius 3 is 2.39 bits per heavy atom. The van der Waals surface area contributed by atoms with Crippen molar-refractivity contribution in [2.24, 2.45) is 0 Å². The van der Waals surface area contributed by atoms with Gasteiger partial charge in [-0.3, -0.25) is 0 Å². The predicted octanol–water partition coefficient (Wildman–Crippen LogP) is 5.30. The lowest BCUT2D eigenvalue weighted by atomic mass is 10.0. The van der Waals surface area contributed by atoms with Crippen LogP contribution in [0.1, 0.15) is 0 Å². The highest BCUT2D eigenvalue weighted by molar-refractivity contribution is 6.24. The Balaban J connectivity index is 2.09. The minimum atomic E-state index is 0.234. The van der Waals surface area contributed by atoms with Crippen LogP contribution in [0.4, 0.5) is 0 Å². The van der Waals surface area contributed by atoms with E-state index in [4.69, 9.17) is 4.42 Å². The van der Waals surface area contributed by atoms with E-state index in [1.807, 2.05) is 42.5 Å². The molecule has 0 amide bonds. The van der Waals surface area contributed by atoms with Crippen LogP contribution in [-0.2, 0) is 0 Å². The molecule has 0 aliphatic carbocycles. The second-order valence-corrected chi connectivity index (χ2v) is 5.76. The van der Waals surface area contributed by atoms with Gasteiger partial charge >= 0.3 is 0 Å². The van der Waals surface area contributed by atoms with Gasteiger partial charge in [-0.05, 0) is 41.1 Å². The van der Waals surface area contributed by atoms with Crippen molar-refractivity contribution in [2.75, 3.05) is 0 Å². The van der Waals surface area contributed by atoms with Crippen molar-refractivity contribution in [1.82, 2.24) is 0 Å². The maximum atomic E-state index is 10.4. The van der Waals surface area contributed by atoms with E-state index in [-0.39, 0.29) is 11.5 Å². The average molecular weight is 300 g/mol. The fourth-order valence-electron chi connectivity index (χ4n) is 3.40. The summed E-state index contributed by atoms with van der Waals surface area (Å²) in [5, 5.41) is 25.5. The van der Waals surface area contributed by atoms with Gasteiger partial charge in [-0.25, -0.2) is 0 Å². The zero-order valence-electron chi connectivity index (χ0n) is 12.1. The first-order valence-corrected chi connectivity index (χ1v) is 7.41. The van der Waals surface area contributed by atoms with Crippen molar-refractivity contribution in [3.63, 3.8) is 0 Å². The maximum absolute atomic E-state index is 10.4. The molecule has 0 saturated heterocycles. The molecule has 0 radical (unpaired) electrons. The molecule has 5 aromatic rings. The lowest BCUT2D eigenvalue weighted by Crippen LogP contribution is -1.77. The van der Waals surface area contributed by atoms with Gasteiger partial charge in [0.15, 0.2) is 0 Å². The Morgan fingerprint density at radius 1 is 0.696 bits per heavy atom. The first kappa shape index (κ1) is 12.4. The minimum absolute atomic E-state index is 0.234. The van der Waals surface area contributed by atoms with E-state index >= 15 is 0 Å².